The molecule has 1 aromatic carbocycles. The molecule has 2 heterocycles. The molecule has 0 bridgehead atoms. The Bertz CT molecular complexity index is 692. The summed E-state index contributed by atoms with van der Waals surface area (Å²) in [6, 6.07) is 8.22. The summed E-state index contributed by atoms with van der Waals surface area (Å²) in [6.07, 6.45) is 5.48. The number of rotatable bonds is 4. The van der Waals surface area contributed by atoms with Crippen molar-refractivity contribution in [2.45, 2.75) is 39.0 Å². The number of hydrogen-bond acceptors (Lipinski definition) is 5. The lowest BCUT2D eigenvalue weighted by atomic mass is 10.1. The number of thioether (sulfide) groups is 1. The Hall–Kier alpha value is -1.79. The van der Waals surface area contributed by atoms with E-state index < -0.39 is 5.60 Å². The Morgan fingerprint density at radius 2 is 2.08 bits per heavy atom. The summed E-state index contributed by atoms with van der Waals surface area (Å²) >= 11 is 1.82. The van der Waals surface area contributed by atoms with Gasteiger partial charge in [-0.25, -0.2) is 4.98 Å². The molecule has 0 aliphatic carbocycles. The van der Waals surface area contributed by atoms with Gasteiger partial charge in [-0.3, -0.25) is 9.69 Å². The van der Waals surface area contributed by atoms with Crippen LogP contribution in [0.15, 0.2) is 43.0 Å². The van der Waals surface area contributed by atoms with Crippen molar-refractivity contribution in [1.82, 2.24) is 14.5 Å². The van der Waals surface area contributed by atoms with E-state index in [1.54, 1.807) is 12.5 Å². The molecule has 134 valence electrons. The van der Waals surface area contributed by atoms with E-state index in [1.165, 1.54) is 5.56 Å². The Morgan fingerprint density at radius 1 is 1.32 bits per heavy atom. The third-order valence-electron chi connectivity index (χ3n) is 4.04. The van der Waals surface area contributed by atoms with Crippen LogP contribution < -0.4 is 0 Å². The Morgan fingerprint density at radius 3 is 2.72 bits per heavy atom. The molecule has 0 amide bonds. The third-order valence-corrected chi connectivity index (χ3v) is 5.07. The van der Waals surface area contributed by atoms with Crippen LogP contribution in [0, 0.1) is 0 Å². The minimum absolute atomic E-state index is 0.116. The smallest absolute Gasteiger partial charge is 0.324 e. The summed E-state index contributed by atoms with van der Waals surface area (Å²) in [4.78, 5) is 18.8. The molecule has 1 saturated heterocycles. The number of aromatic nitrogens is 2. The van der Waals surface area contributed by atoms with Gasteiger partial charge < -0.3 is 9.30 Å². The summed E-state index contributed by atoms with van der Waals surface area (Å²) in [5, 5.41) is 0. The first-order valence-electron chi connectivity index (χ1n) is 8.54. The molecule has 1 aromatic heterocycles. The summed E-state index contributed by atoms with van der Waals surface area (Å²) in [5.41, 5.74) is 1.83. The van der Waals surface area contributed by atoms with Crippen LogP contribution in [-0.4, -0.2) is 50.1 Å². The highest BCUT2D eigenvalue weighted by atomic mass is 32.2. The fourth-order valence-corrected chi connectivity index (χ4v) is 3.93. The van der Waals surface area contributed by atoms with Crippen molar-refractivity contribution >= 4 is 17.7 Å². The minimum Gasteiger partial charge on any atom is -0.459 e. The summed E-state index contributed by atoms with van der Waals surface area (Å²) in [7, 11) is 0. The predicted molar refractivity (Wildman–Crippen MR) is 101 cm³/mol. The SMILES string of the molecule is CC(C)(C)OC(=O)[C@H]1CSCCN1Cc1ccc(-n2ccnc2)cc1. The van der Waals surface area contributed by atoms with Crippen molar-refractivity contribution < 1.29 is 9.53 Å². The van der Waals surface area contributed by atoms with Gasteiger partial charge in [0.05, 0.1) is 6.33 Å². The third kappa shape index (κ3) is 4.86. The number of hydrogen-bond donors (Lipinski definition) is 0. The number of carbonyl (C=O) groups excluding carboxylic acids is 1. The molecule has 25 heavy (non-hydrogen) atoms. The quantitative estimate of drug-likeness (QED) is 0.785. The van der Waals surface area contributed by atoms with Gasteiger partial charge in [-0.15, -0.1) is 0 Å². The minimum atomic E-state index is -0.447. The van der Waals surface area contributed by atoms with Crippen molar-refractivity contribution in [3.8, 4) is 5.69 Å². The van der Waals surface area contributed by atoms with Crippen LogP contribution in [0.4, 0.5) is 0 Å². The molecule has 0 radical (unpaired) electrons. The second kappa shape index (κ2) is 7.62. The molecule has 1 fully saturated rings. The molecule has 2 aromatic rings. The molecule has 0 unspecified atom stereocenters. The highest BCUT2D eigenvalue weighted by molar-refractivity contribution is 7.99. The van der Waals surface area contributed by atoms with Crippen molar-refractivity contribution in [1.29, 1.82) is 0 Å². The summed E-state index contributed by atoms with van der Waals surface area (Å²) in [5.74, 6) is 1.73. The van der Waals surface area contributed by atoms with Crippen molar-refractivity contribution in [2.24, 2.45) is 0 Å². The Kier molecular flexibility index (Phi) is 5.49. The van der Waals surface area contributed by atoms with Crippen LogP contribution in [0.2, 0.25) is 0 Å². The summed E-state index contributed by atoms with van der Waals surface area (Å²) in [6.45, 7) is 7.41. The van der Waals surface area contributed by atoms with Gasteiger partial charge in [-0.2, -0.15) is 11.8 Å². The van der Waals surface area contributed by atoms with E-state index in [2.05, 4.69) is 34.1 Å². The van der Waals surface area contributed by atoms with Gasteiger partial charge in [0.25, 0.3) is 0 Å². The maximum atomic E-state index is 12.5. The molecule has 1 aliphatic heterocycles. The molecule has 1 atom stereocenters. The van der Waals surface area contributed by atoms with E-state index in [1.807, 2.05) is 43.3 Å². The van der Waals surface area contributed by atoms with Crippen LogP contribution in [0.3, 0.4) is 0 Å². The molecular weight excluding hydrogens is 334 g/mol. The molecule has 6 heteroatoms. The first kappa shape index (κ1) is 18.0. The number of ether oxygens (including phenoxy) is 1. The average molecular weight is 359 g/mol. The van der Waals surface area contributed by atoms with Crippen LogP contribution in [0.25, 0.3) is 5.69 Å². The van der Waals surface area contributed by atoms with Gasteiger partial charge in [0.1, 0.15) is 11.6 Å². The lowest BCUT2D eigenvalue weighted by molar-refractivity contribution is -0.160. The first-order chi connectivity index (χ1) is 11.9. The van der Waals surface area contributed by atoms with Crippen LogP contribution in [0.5, 0.6) is 0 Å². The highest BCUT2D eigenvalue weighted by Gasteiger charge is 2.32. The molecule has 0 saturated carbocycles. The zero-order valence-electron chi connectivity index (χ0n) is 15.0. The highest BCUT2D eigenvalue weighted by Crippen LogP contribution is 2.22. The lowest BCUT2D eigenvalue weighted by Crippen LogP contribution is -2.49. The normalized spacial score (nSPS) is 18.9. The molecular formula is C19H25N3O2S. The van der Waals surface area contributed by atoms with Crippen molar-refractivity contribution in [3.05, 3.63) is 48.5 Å². The largest absolute Gasteiger partial charge is 0.459 e. The first-order valence-corrected chi connectivity index (χ1v) is 9.70. The average Bonchev–Trinajstić information content (AvgIpc) is 3.09. The van der Waals surface area contributed by atoms with E-state index in [-0.39, 0.29) is 12.0 Å². The van der Waals surface area contributed by atoms with E-state index in [0.717, 1.165) is 30.3 Å². The van der Waals surface area contributed by atoms with Gasteiger partial charge in [-0.05, 0) is 38.5 Å². The fourth-order valence-electron chi connectivity index (χ4n) is 2.83. The number of nitrogens with zero attached hydrogens (tertiary/aromatic N) is 3. The maximum Gasteiger partial charge on any atom is 0.324 e. The molecule has 0 spiro atoms. The monoisotopic (exact) mass is 359 g/mol. The molecule has 3 rings (SSSR count). The van der Waals surface area contributed by atoms with Crippen molar-refractivity contribution in [3.63, 3.8) is 0 Å². The topological polar surface area (TPSA) is 47.4 Å². The Balaban J connectivity index is 1.68. The van der Waals surface area contributed by atoms with Gasteiger partial charge >= 0.3 is 5.97 Å². The second-order valence-electron chi connectivity index (χ2n) is 7.23. The van der Waals surface area contributed by atoms with E-state index in [0.29, 0.717) is 0 Å². The standard InChI is InChI=1S/C19H25N3O2S/c1-19(2,3)24-18(23)17-13-25-11-10-21(17)12-15-4-6-16(7-5-15)22-9-8-20-14-22/h4-9,14,17H,10-13H2,1-3H3/t17-/m1/s1. The van der Waals surface area contributed by atoms with Crippen LogP contribution >= 0.6 is 11.8 Å². The number of imidazole rings is 1. The number of carbonyl (C=O) groups is 1. The summed E-state index contributed by atoms with van der Waals surface area (Å²) < 4.78 is 7.59. The van der Waals surface area contributed by atoms with Crippen molar-refractivity contribution in [2.75, 3.05) is 18.1 Å². The zero-order chi connectivity index (χ0) is 17.9. The lowest BCUT2D eigenvalue weighted by Gasteiger charge is -2.35. The zero-order valence-corrected chi connectivity index (χ0v) is 15.8. The van der Waals surface area contributed by atoms with Gasteiger partial charge in [-0.1, -0.05) is 12.1 Å². The number of benzene rings is 1. The molecule has 0 N–H and O–H groups in total. The maximum absolute atomic E-state index is 12.5. The molecule has 5 nitrogen and oxygen atoms in total. The van der Waals surface area contributed by atoms with Crippen LogP contribution in [0.1, 0.15) is 26.3 Å². The van der Waals surface area contributed by atoms with E-state index >= 15 is 0 Å². The second-order valence-corrected chi connectivity index (χ2v) is 8.38. The molecule has 1 aliphatic rings. The van der Waals surface area contributed by atoms with E-state index in [4.69, 9.17) is 4.74 Å². The van der Waals surface area contributed by atoms with Gasteiger partial charge in [0, 0.05) is 42.7 Å². The predicted octanol–water partition coefficient (Wildman–Crippen LogP) is 3.13. The van der Waals surface area contributed by atoms with Crippen LogP contribution in [-0.2, 0) is 16.1 Å². The van der Waals surface area contributed by atoms with Gasteiger partial charge in [0.15, 0.2) is 0 Å². The number of esters is 1. The Labute approximate surface area is 153 Å². The van der Waals surface area contributed by atoms with E-state index in [9.17, 15) is 4.79 Å². The fraction of sp³-hybridized carbons (Fsp3) is 0.474. The van der Waals surface area contributed by atoms with Gasteiger partial charge in [0.2, 0.25) is 0 Å².